The molecule has 0 spiro atoms. The molecule has 0 heterocycles. The van der Waals surface area contributed by atoms with Crippen molar-refractivity contribution in [1.29, 1.82) is 0 Å². The topological polar surface area (TPSA) is 119 Å². The van der Waals surface area contributed by atoms with Crippen molar-refractivity contribution in [3.05, 3.63) is 60.8 Å². The number of carbonyl (C=O) groups excluding carboxylic acids is 2. The molecule has 0 saturated carbocycles. The lowest BCUT2D eigenvalue weighted by atomic mass is 10.1. The zero-order valence-corrected chi connectivity index (χ0v) is 33.8. The summed E-state index contributed by atoms with van der Waals surface area (Å²) in [6.07, 6.45) is 48.1. The Morgan fingerprint density at radius 2 is 0.923 bits per heavy atom. The molecule has 0 aliphatic heterocycles. The highest BCUT2D eigenvalue weighted by molar-refractivity contribution is 7.46. The van der Waals surface area contributed by atoms with Crippen LogP contribution in [0.3, 0.4) is 0 Å². The highest BCUT2D eigenvalue weighted by Gasteiger charge is 2.22. The number of rotatable bonds is 37. The molecular weight excluding hydrogens is 675 g/mol. The van der Waals surface area contributed by atoms with E-state index in [9.17, 15) is 14.2 Å². The van der Waals surface area contributed by atoms with Crippen LogP contribution in [0.2, 0.25) is 0 Å². The molecule has 300 valence electrons. The smallest absolute Gasteiger partial charge is 0.462 e. The Balaban J connectivity index is 3.93. The van der Waals surface area contributed by atoms with Gasteiger partial charge in [0.1, 0.15) is 6.61 Å². The Bertz CT molecular complexity index is 1030. The highest BCUT2D eigenvalue weighted by Crippen LogP contribution is 2.36. The van der Waals surface area contributed by atoms with Crippen LogP contribution in [0.25, 0.3) is 0 Å². The van der Waals surface area contributed by atoms with Crippen molar-refractivity contribution in [3.8, 4) is 0 Å². The summed E-state index contributed by atoms with van der Waals surface area (Å²) in [6, 6.07) is 0. The number of allylic oxidation sites excluding steroid dienone is 10. The Morgan fingerprint density at radius 3 is 1.40 bits per heavy atom. The predicted octanol–water partition coefficient (Wildman–Crippen LogP) is 12.5. The minimum absolute atomic E-state index is 0.173. The van der Waals surface area contributed by atoms with Crippen LogP contribution in [0.4, 0.5) is 0 Å². The summed E-state index contributed by atoms with van der Waals surface area (Å²) in [6.45, 7) is 3.52. The Morgan fingerprint density at radius 1 is 0.519 bits per heavy atom. The summed E-state index contributed by atoms with van der Waals surface area (Å²) in [7, 11) is -4.76. The van der Waals surface area contributed by atoms with Crippen LogP contribution >= 0.6 is 7.82 Å². The lowest BCUT2D eigenvalue weighted by Crippen LogP contribution is -2.29. The third kappa shape index (κ3) is 40.5. The van der Waals surface area contributed by atoms with E-state index >= 15 is 0 Å². The first-order valence-corrected chi connectivity index (χ1v) is 22.1. The average Bonchev–Trinajstić information content (AvgIpc) is 3.11. The number of ether oxygens (including phenoxy) is 2. The van der Waals surface area contributed by atoms with Crippen LogP contribution in [0, 0.1) is 0 Å². The lowest BCUT2D eigenvalue weighted by Gasteiger charge is -2.18. The van der Waals surface area contributed by atoms with E-state index in [-0.39, 0.29) is 19.4 Å². The van der Waals surface area contributed by atoms with E-state index in [0.717, 1.165) is 70.6 Å². The van der Waals surface area contributed by atoms with Crippen LogP contribution in [0.5, 0.6) is 0 Å². The number of phosphoric acid groups is 1. The van der Waals surface area contributed by atoms with E-state index in [4.69, 9.17) is 19.3 Å². The molecule has 2 N–H and O–H groups in total. The third-order valence-corrected chi connectivity index (χ3v) is 9.01. The molecule has 0 fully saturated rings. The molecule has 0 aliphatic rings. The van der Waals surface area contributed by atoms with Gasteiger partial charge < -0.3 is 19.3 Å². The van der Waals surface area contributed by atoms with Gasteiger partial charge in [0.05, 0.1) is 6.61 Å². The zero-order valence-electron chi connectivity index (χ0n) is 32.9. The molecule has 9 heteroatoms. The monoisotopic (exact) mass is 751 g/mol. The van der Waals surface area contributed by atoms with E-state index in [1.54, 1.807) is 0 Å². The second-order valence-corrected chi connectivity index (χ2v) is 14.8. The van der Waals surface area contributed by atoms with E-state index in [0.29, 0.717) is 12.8 Å². The molecule has 0 rings (SSSR count). The first kappa shape index (κ1) is 49.8. The van der Waals surface area contributed by atoms with E-state index in [1.165, 1.54) is 70.6 Å². The largest absolute Gasteiger partial charge is 0.469 e. The van der Waals surface area contributed by atoms with Crippen molar-refractivity contribution < 1.29 is 37.9 Å². The number of hydrogen-bond acceptors (Lipinski definition) is 6. The summed E-state index contributed by atoms with van der Waals surface area (Å²) in [5, 5.41) is 0. The summed E-state index contributed by atoms with van der Waals surface area (Å²) in [5.41, 5.74) is 0. The van der Waals surface area contributed by atoms with Crippen molar-refractivity contribution in [2.45, 2.75) is 187 Å². The molecule has 0 saturated heterocycles. The van der Waals surface area contributed by atoms with E-state index in [1.807, 2.05) is 0 Å². The number of phosphoric ester groups is 1. The molecule has 1 atom stereocenters. The second-order valence-electron chi connectivity index (χ2n) is 13.6. The van der Waals surface area contributed by atoms with Crippen molar-refractivity contribution in [1.82, 2.24) is 0 Å². The van der Waals surface area contributed by atoms with E-state index in [2.05, 4.69) is 79.1 Å². The van der Waals surface area contributed by atoms with Crippen LogP contribution in [-0.4, -0.2) is 41.0 Å². The molecule has 0 bridgehead atoms. The first-order chi connectivity index (χ1) is 25.3. The average molecular weight is 751 g/mol. The van der Waals surface area contributed by atoms with Gasteiger partial charge in [0.25, 0.3) is 0 Å². The molecule has 0 aromatic heterocycles. The maximum Gasteiger partial charge on any atom is 0.469 e. The maximum absolute atomic E-state index is 12.4. The number of hydrogen-bond donors (Lipinski definition) is 2. The van der Waals surface area contributed by atoms with Crippen molar-refractivity contribution in [2.75, 3.05) is 13.2 Å². The highest BCUT2D eigenvalue weighted by atomic mass is 31.2. The number of unbranched alkanes of at least 4 members (excludes halogenated alkanes) is 17. The molecular formula is C43H75O8P. The minimum atomic E-state index is -4.76. The first-order valence-electron chi connectivity index (χ1n) is 20.6. The molecule has 0 aromatic rings. The van der Waals surface area contributed by atoms with E-state index < -0.39 is 32.5 Å². The number of carbonyl (C=O) groups is 2. The normalized spacial score (nSPS) is 13.1. The quantitative estimate of drug-likeness (QED) is 0.0279. The lowest BCUT2D eigenvalue weighted by molar-refractivity contribution is -0.161. The molecule has 8 nitrogen and oxygen atoms in total. The van der Waals surface area contributed by atoms with Crippen molar-refractivity contribution in [2.24, 2.45) is 0 Å². The van der Waals surface area contributed by atoms with Gasteiger partial charge in [-0.3, -0.25) is 14.1 Å². The maximum atomic E-state index is 12.4. The zero-order chi connectivity index (χ0) is 38.2. The molecule has 0 radical (unpaired) electrons. The molecule has 52 heavy (non-hydrogen) atoms. The van der Waals surface area contributed by atoms with Gasteiger partial charge >= 0.3 is 19.8 Å². The van der Waals surface area contributed by atoms with Gasteiger partial charge in [-0.25, -0.2) is 4.57 Å². The van der Waals surface area contributed by atoms with Gasteiger partial charge in [-0.05, 0) is 77.0 Å². The Hall–Kier alpha value is -2.25. The molecule has 0 aromatic carbocycles. The summed E-state index contributed by atoms with van der Waals surface area (Å²) in [5.74, 6) is -0.927. The summed E-state index contributed by atoms with van der Waals surface area (Å²) in [4.78, 5) is 42.8. The third-order valence-electron chi connectivity index (χ3n) is 8.52. The van der Waals surface area contributed by atoms with Crippen LogP contribution in [0.1, 0.15) is 181 Å². The van der Waals surface area contributed by atoms with Crippen LogP contribution in [-0.2, 0) is 28.2 Å². The minimum Gasteiger partial charge on any atom is -0.462 e. The Labute approximate surface area is 317 Å². The van der Waals surface area contributed by atoms with Crippen molar-refractivity contribution in [3.63, 3.8) is 0 Å². The van der Waals surface area contributed by atoms with Gasteiger partial charge in [-0.2, -0.15) is 0 Å². The summed E-state index contributed by atoms with van der Waals surface area (Å²) < 4.78 is 26.3. The Kier molecular flexibility index (Phi) is 36.8. The van der Waals surface area contributed by atoms with Gasteiger partial charge in [-0.1, -0.05) is 152 Å². The van der Waals surface area contributed by atoms with Crippen molar-refractivity contribution >= 4 is 19.8 Å². The molecule has 0 amide bonds. The van der Waals surface area contributed by atoms with Gasteiger partial charge in [-0.15, -0.1) is 0 Å². The van der Waals surface area contributed by atoms with Gasteiger partial charge in [0.2, 0.25) is 0 Å². The van der Waals surface area contributed by atoms with Gasteiger partial charge in [0.15, 0.2) is 6.10 Å². The standard InChI is InChI=1S/C43H75O8P/c1-3-5-7-9-11-13-15-17-18-19-20-21-22-23-24-26-27-29-31-33-35-37-42(44)49-39-41(40-50-52(46,47)48)51-43(45)38-36-34-32-30-28-25-16-14-12-10-8-6-4-2/h6,8,12,14-15,17,19-20,25,28,41H,3-5,7,9-11,13,16,18,21-24,26-27,29-40H2,1-2H3,(H2,46,47,48)/b8-6-,14-12-,17-15-,20-19-,28-25-. The summed E-state index contributed by atoms with van der Waals surface area (Å²) >= 11 is 0. The van der Waals surface area contributed by atoms with Crippen LogP contribution < -0.4 is 0 Å². The number of esters is 2. The fourth-order valence-corrected chi connectivity index (χ4v) is 5.84. The fourth-order valence-electron chi connectivity index (χ4n) is 5.48. The van der Waals surface area contributed by atoms with Crippen LogP contribution in [0.15, 0.2) is 60.8 Å². The predicted molar refractivity (Wildman–Crippen MR) is 216 cm³/mol. The SMILES string of the molecule is CC/C=C\C/C=C\C/C=C\CCCCCC(=O)OC(COC(=O)CCCCCCCCCCC/C=C\C/C=C\CCCCCCC)COP(=O)(O)O. The molecule has 0 aliphatic carbocycles. The molecule has 1 unspecified atom stereocenters. The fraction of sp³-hybridized carbons (Fsp3) is 0.721. The van der Waals surface area contributed by atoms with Gasteiger partial charge in [0, 0.05) is 12.8 Å². The second kappa shape index (κ2) is 38.5.